The van der Waals surface area contributed by atoms with Crippen molar-refractivity contribution in [1.29, 1.82) is 0 Å². The largest absolute Gasteiger partial charge is 0.347 e. The second-order valence-corrected chi connectivity index (χ2v) is 8.12. The summed E-state index contributed by atoms with van der Waals surface area (Å²) >= 11 is 1.63. The van der Waals surface area contributed by atoms with Gasteiger partial charge in [0.1, 0.15) is 0 Å². The smallest absolute Gasteiger partial charge is 0.261 e. The van der Waals surface area contributed by atoms with Crippen molar-refractivity contribution >= 4 is 23.2 Å². The lowest BCUT2D eigenvalue weighted by molar-refractivity contribution is 0.0827. The summed E-state index contributed by atoms with van der Waals surface area (Å²) in [7, 11) is 3.47. The van der Waals surface area contributed by atoms with E-state index < -0.39 is 0 Å². The van der Waals surface area contributed by atoms with Crippen LogP contribution in [0.25, 0.3) is 0 Å². The van der Waals surface area contributed by atoms with Crippen LogP contribution in [-0.4, -0.2) is 30.8 Å². The molecular weight excluding hydrogens is 332 g/mol. The molecule has 1 unspecified atom stereocenters. The summed E-state index contributed by atoms with van der Waals surface area (Å²) in [5.74, 6) is 0.677. The van der Waals surface area contributed by atoms with Gasteiger partial charge in [0.25, 0.3) is 11.8 Å². The maximum absolute atomic E-state index is 12.4. The van der Waals surface area contributed by atoms with E-state index in [0.29, 0.717) is 18.0 Å². The third kappa shape index (κ3) is 4.10. The number of fused-ring (bicyclic) bond motifs is 1. The van der Waals surface area contributed by atoms with Gasteiger partial charge in [-0.15, -0.1) is 11.3 Å². The van der Waals surface area contributed by atoms with Gasteiger partial charge < -0.3 is 10.2 Å². The van der Waals surface area contributed by atoms with Crippen molar-refractivity contribution in [3.05, 3.63) is 56.8 Å². The Morgan fingerprint density at radius 3 is 2.64 bits per heavy atom. The standard InChI is InChI=1S/C20H24N2O2S/c1-13-4-9-17-16(10-13)11-18(25-17)19(23)21-12-14-5-7-15(8-6-14)20(24)22(2)3/h5-8,11,13H,4,9-10,12H2,1-3H3,(H,21,23). The summed E-state index contributed by atoms with van der Waals surface area (Å²) in [6, 6.07) is 9.43. The number of benzene rings is 1. The Bertz CT molecular complexity index is 777. The molecule has 1 N–H and O–H groups in total. The van der Waals surface area contributed by atoms with Crippen LogP contribution in [0, 0.1) is 5.92 Å². The number of carbonyl (C=O) groups excluding carboxylic acids is 2. The van der Waals surface area contributed by atoms with E-state index >= 15 is 0 Å². The van der Waals surface area contributed by atoms with Crippen LogP contribution in [0.5, 0.6) is 0 Å². The van der Waals surface area contributed by atoms with Gasteiger partial charge in [0.05, 0.1) is 4.88 Å². The van der Waals surface area contributed by atoms with Crippen LogP contribution in [0.2, 0.25) is 0 Å². The Hall–Kier alpha value is -2.14. The number of carbonyl (C=O) groups is 2. The molecule has 0 bridgehead atoms. The summed E-state index contributed by atoms with van der Waals surface area (Å²) in [5, 5.41) is 2.98. The highest BCUT2D eigenvalue weighted by Gasteiger charge is 2.20. The number of thiophene rings is 1. The second kappa shape index (κ2) is 7.40. The minimum Gasteiger partial charge on any atom is -0.347 e. The molecule has 1 aromatic carbocycles. The topological polar surface area (TPSA) is 49.4 Å². The zero-order valence-electron chi connectivity index (χ0n) is 15.0. The summed E-state index contributed by atoms with van der Waals surface area (Å²) in [6.07, 6.45) is 3.39. The number of nitrogens with one attached hydrogen (secondary N) is 1. The van der Waals surface area contributed by atoms with E-state index in [-0.39, 0.29) is 11.8 Å². The average molecular weight is 356 g/mol. The first-order valence-corrected chi connectivity index (χ1v) is 9.46. The number of hydrogen-bond donors (Lipinski definition) is 1. The van der Waals surface area contributed by atoms with Crippen LogP contribution in [0.15, 0.2) is 30.3 Å². The van der Waals surface area contributed by atoms with Gasteiger partial charge in [-0.25, -0.2) is 0 Å². The first-order chi connectivity index (χ1) is 11.9. The molecule has 2 amide bonds. The lowest BCUT2D eigenvalue weighted by Gasteiger charge is -2.16. The van der Waals surface area contributed by atoms with Crippen LogP contribution in [0.4, 0.5) is 0 Å². The van der Waals surface area contributed by atoms with Crippen molar-refractivity contribution in [1.82, 2.24) is 10.2 Å². The van der Waals surface area contributed by atoms with Crippen molar-refractivity contribution in [3.8, 4) is 0 Å². The Kier molecular flexibility index (Phi) is 5.23. The molecule has 0 fully saturated rings. The number of nitrogens with zero attached hydrogens (tertiary/aromatic N) is 1. The Balaban J connectivity index is 1.60. The Morgan fingerprint density at radius 2 is 1.96 bits per heavy atom. The van der Waals surface area contributed by atoms with Gasteiger partial charge in [-0.05, 0) is 54.5 Å². The lowest BCUT2D eigenvalue weighted by atomic mass is 9.90. The quantitative estimate of drug-likeness (QED) is 0.911. The van der Waals surface area contributed by atoms with Gasteiger partial charge in [-0.2, -0.15) is 0 Å². The van der Waals surface area contributed by atoms with Gasteiger partial charge in [0, 0.05) is 31.1 Å². The van der Waals surface area contributed by atoms with E-state index in [1.54, 1.807) is 42.5 Å². The summed E-state index contributed by atoms with van der Waals surface area (Å²) in [4.78, 5) is 28.0. The fraction of sp³-hybridized carbons (Fsp3) is 0.400. The molecule has 0 aliphatic heterocycles. The molecule has 1 heterocycles. The zero-order chi connectivity index (χ0) is 18.0. The molecule has 132 valence electrons. The fourth-order valence-corrected chi connectivity index (χ4v) is 4.24. The highest BCUT2D eigenvalue weighted by molar-refractivity contribution is 7.14. The highest BCUT2D eigenvalue weighted by atomic mass is 32.1. The van der Waals surface area contributed by atoms with Crippen molar-refractivity contribution in [2.75, 3.05) is 14.1 Å². The normalized spacial score (nSPS) is 16.2. The first-order valence-electron chi connectivity index (χ1n) is 8.64. The van der Waals surface area contributed by atoms with E-state index in [1.165, 1.54) is 16.9 Å². The van der Waals surface area contributed by atoms with E-state index in [9.17, 15) is 9.59 Å². The SMILES string of the molecule is CC1CCc2sc(C(=O)NCc3ccc(C(=O)N(C)C)cc3)cc2C1. The molecule has 0 spiro atoms. The maximum Gasteiger partial charge on any atom is 0.261 e. The van der Waals surface area contributed by atoms with Crippen molar-refractivity contribution in [3.63, 3.8) is 0 Å². The van der Waals surface area contributed by atoms with Crippen molar-refractivity contribution in [2.45, 2.75) is 32.7 Å². The van der Waals surface area contributed by atoms with E-state index in [2.05, 4.69) is 18.3 Å². The molecule has 1 aliphatic rings. The molecule has 1 aliphatic carbocycles. The van der Waals surface area contributed by atoms with Gasteiger partial charge in [0.2, 0.25) is 0 Å². The summed E-state index contributed by atoms with van der Waals surface area (Å²) < 4.78 is 0. The van der Waals surface area contributed by atoms with Crippen LogP contribution in [0.3, 0.4) is 0 Å². The number of rotatable bonds is 4. The minimum atomic E-state index is -0.0195. The monoisotopic (exact) mass is 356 g/mol. The lowest BCUT2D eigenvalue weighted by Crippen LogP contribution is -2.23. The number of amides is 2. The molecular formula is C20H24N2O2S. The van der Waals surface area contributed by atoms with E-state index in [4.69, 9.17) is 0 Å². The molecule has 0 radical (unpaired) electrons. The third-order valence-electron chi connectivity index (χ3n) is 4.61. The first kappa shape index (κ1) is 17.7. The van der Waals surface area contributed by atoms with Crippen LogP contribution < -0.4 is 5.32 Å². The molecule has 0 saturated carbocycles. The number of aryl methyl sites for hydroxylation is 1. The Labute approximate surface area is 152 Å². The molecule has 1 aromatic heterocycles. The average Bonchev–Trinajstić information content (AvgIpc) is 3.02. The summed E-state index contributed by atoms with van der Waals surface area (Å²) in [6.45, 7) is 2.74. The predicted molar refractivity (Wildman–Crippen MR) is 101 cm³/mol. The van der Waals surface area contributed by atoms with Gasteiger partial charge in [0.15, 0.2) is 0 Å². The van der Waals surface area contributed by atoms with Crippen molar-refractivity contribution < 1.29 is 9.59 Å². The van der Waals surface area contributed by atoms with Gasteiger partial charge >= 0.3 is 0 Å². The number of hydrogen-bond acceptors (Lipinski definition) is 3. The maximum atomic E-state index is 12.4. The molecule has 25 heavy (non-hydrogen) atoms. The predicted octanol–water partition coefficient (Wildman–Crippen LogP) is 3.50. The molecule has 3 rings (SSSR count). The van der Waals surface area contributed by atoms with Gasteiger partial charge in [-0.1, -0.05) is 19.1 Å². The highest BCUT2D eigenvalue weighted by Crippen LogP contribution is 2.32. The molecule has 2 aromatic rings. The zero-order valence-corrected chi connectivity index (χ0v) is 15.8. The van der Waals surface area contributed by atoms with E-state index in [1.807, 2.05) is 12.1 Å². The van der Waals surface area contributed by atoms with Crippen LogP contribution in [0.1, 0.15) is 49.4 Å². The molecule has 0 saturated heterocycles. The van der Waals surface area contributed by atoms with Gasteiger partial charge in [-0.3, -0.25) is 9.59 Å². The third-order valence-corrected chi connectivity index (χ3v) is 5.85. The summed E-state index contributed by atoms with van der Waals surface area (Å²) in [5.41, 5.74) is 2.99. The van der Waals surface area contributed by atoms with Crippen molar-refractivity contribution in [2.24, 2.45) is 5.92 Å². The fourth-order valence-electron chi connectivity index (χ4n) is 3.11. The van der Waals surface area contributed by atoms with Crippen LogP contribution in [-0.2, 0) is 19.4 Å². The Morgan fingerprint density at radius 1 is 1.24 bits per heavy atom. The molecule has 1 atom stereocenters. The van der Waals surface area contributed by atoms with Crippen LogP contribution >= 0.6 is 11.3 Å². The van der Waals surface area contributed by atoms with E-state index in [0.717, 1.165) is 23.3 Å². The second-order valence-electron chi connectivity index (χ2n) is 6.99. The minimum absolute atomic E-state index is 0.0134. The molecule has 4 nitrogen and oxygen atoms in total. The molecule has 5 heteroatoms.